The third-order valence-electron chi connectivity index (χ3n) is 4.38. The van der Waals surface area contributed by atoms with Gasteiger partial charge in [0.25, 0.3) is 0 Å². The summed E-state index contributed by atoms with van der Waals surface area (Å²) in [6.07, 6.45) is 3.65. The summed E-state index contributed by atoms with van der Waals surface area (Å²) in [5, 5.41) is 2.48. The summed E-state index contributed by atoms with van der Waals surface area (Å²) in [4.78, 5) is 5.16. The van der Waals surface area contributed by atoms with Crippen LogP contribution < -0.4 is 0 Å². The third-order valence-corrected chi connectivity index (χ3v) is 5.93. The molecule has 0 N–H and O–H groups in total. The lowest BCUT2D eigenvalue weighted by molar-refractivity contribution is 0.128. The molecular formula is C22H24Cl2N2OS. The zero-order chi connectivity index (χ0) is 20.1. The first-order chi connectivity index (χ1) is 13.5. The number of benzene rings is 1. The fourth-order valence-electron chi connectivity index (χ4n) is 3.00. The number of nitrogens with zero attached hydrogens (tertiary/aromatic N) is 2. The first-order valence-corrected chi connectivity index (χ1v) is 10.9. The number of aromatic nitrogens is 2. The maximum absolute atomic E-state index is 6.23. The van der Waals surface area contributed by atoms with E-state index in [4.69, 9.17) is 27.9 Å². The molecule has 2 heterocycles. The van der Waals surface area contributed by atoms with Crippen molar-refractivity contribution in [3.63, 3.8) is 0 Å². The Hall–Kier alpha value is -1.46. The van der Waals surface area contributed by atoms with E-state index in [0.717, 1.165) is 17.1 Å². The molecule has 3 nitrogen and oxygen atoms in total. The van der Waals surface area contributed by atoms with E-state index in [2.05, 4.69) is 29.5 Å². The summed E-state index contributed by atoms with van der Waals surface area (Å²) in [5.41, 5.74) is 3.66. The summed E-state index contributed by atoms with van der Waals surface area (Å²) in [7, 11) is 0. The summed E-state index contributed by atoms with van der Waals surface area (Å²) < 4.78 is 8.08. The van der Waals surface area contributed by atoms with E-state index in [9.17, 15) is 0 Å². The van der Waals surface area contributed by atoms with E-state index in [1.54, 1.807) is 17.8 Å². The molecule has 0 unspecified atom stereocenters. The average Bonchev–Trinajstić information content (AvgIpc) is 2.97. The van der Waals surface area contributed by atoms with Gasteiger partial charge in [-0.1, -0.05) is 48.8 Å². The van der Waals surface area contributed by atoms with Gasteiger partial charge in [-0.25, -0.2) is 0 Å². The van der Waals surface area contributed by atoms with Crippen LogP contribution in [0.1, 0.15) is 43.5 Å². The van der Waals surface area contributed by atoms with Crippen molar-refractivity contribution in [1.82, 2.24) is 9.55 Å². The highest BCUT2D eigenvalue weighted by atomic mass is 35.5. The minimum atomic E-state index is 0.385. The fraction of sp³-hybridized carbons (Fsp3) is 0.318. The van der Waals surface area contributed by atoms with E-state index >= 15 is 0 Å². The molecule has 3 rings (SSSR count). The van der Waals surface area contributed by atoms with Crippen molar-refractivity contribution in [2.75, 3.05) is 6.61 Å². The van der Waals surface area contributed by atoms with Gasteiger partial charge in [0.1, 0.15) is 0 Å². The molecule has 0 bridgehead atoms. The van der Waals surface area contributed by atoms with Gasteiger partial charge < -0.3 is 9.30 Å². The van der Waals surface area contributed by atoms with Gasteiger partial charge >= 0.3 is 0 Å². The molecule has 2 aromatic heterocycles. The normalized spacial score (nSPS) is 11.4. The second-order valence-corrected chi connectivity index (χ2v) is 8.77. The number of hydrogen-bond acceptors (Lipinski definition) is 3. The molecule has 0 aliphatic rings. The number of pyridine rings is 1. The predicted molar refractivity (Wildman–Crippen MR) is 118 cm³/mol. The van der Waals surface area contributed by atoms with Gasteiger partial charge in [-0.15, -0.1) is 0 Å². The van der Waals surface area contributed by atoms with Crippen molar-refractivity contribution in [3.05, 3.63) is 75.7 Å². The van der Waals surface area contributed by atoms with Crippen molar-refractivity contribution in [2.45, 2.75) is 49.8 Å². The lowest BCUT2D eigenvalue weighted by Gasteiger charge is -2.16. The molecule has 0 fully saturated rings. The van der Waals surface area contributed by atoms with Gasteiger partial charge in [0.2, 0.25) is 0 Å². The Labute approximate surface area is 181 Å². The molecule has 0 spiro atoms. The van der Waals surface area contributed by atoms with Crippen molar-refractivity contribution in [2.24, 2.45) is 0 Å². The van der Waals surface area contributed by atoms with E-state index in [-0.39, 0.29) is 0 Å². The first kappa shape index (κ1) is 21.3. The van der Waals surface area contributed by atoms with Gasteiger partial charge in [-0.3, -0.25) is 4.98 Å². The van der Waals surface area contributed by atoms with Gasteiger partial charge in [0, 0.05) is 46.2 Å². The largest absolute Gasteiger partial charge is 0.376 e. The van der Waals surface area contributed by atoms with Crippen LogP contribution in [-0.4, -0.2) is 16.2 Å². The minimum Gasteiger partial charge on any atom is -0.376 e. The molecule has 0 saturated heterocycles. The van der Waals surface area contributed by atoms with Crippen LogP contribution in [0.3, 0.4) is 0 Å². The molecule has 0 atom stereocenters. The van der Waals surface area contributed by atoms with E-state index in [1.165, 1.54) is 16.2 Å². The Morgan fingerprint density at radius 2 is 1.75 bits per heavy atom. The molecule has 0 aliphatic carbocycles. The monoisotopic (exact) mass is 434 g/mol. The average molecular weight is 435 g/mol. The predicted octanol–water partition coefficient (Wildman–Crippen LogP) is 7.05. The quantitative estimate of drug-likeness (QED) is 0.379. The third kappa shape index (κ3) is 5.32. The lowest BCUT2D eigenvalue weighted by Crippen LogP contribution is -2.07. The smallest absolute Gasteiger partial charge is 0.0868 e. The Morgan fingerprint density at radius 1 is 1.07 bits per heavy atom. The van der Waals surface area contributed by atoms with Gasteiger partial charge in [-0.05, 0) is 60.4 Å². The lowest BCUT2D eigenvalue weighted by atomic mass is 10.1. The second kappa shape index (κ2) is 9.84. The molecule has 28 heavy (non-hydrogen) atoms. The zero-order valence-corrected chi connectivity index (χ0v) is 18.6. The van der Waals surface area contributed by atoms with Crippen LogP contribution in [0.2, 0.25) is 10.0 Å². The van der Waals surface area contributed by atoms with Crippen molar-refractivity contribution in [3.8, 4) is 0 Å². The molecule has 0 saturated carbocycles. The SMILES string of the molecule is CCOCc1cc(C(C)C)c(Sc2cc(Cl)cc(Cl)c2)n1Cc1ccncc1. The number of halogens is 2. The first-order valence-electron chi connectivity index (χ1n) is 9.30. The highest BCUT2D eigenvalue weighted by Crippen LogP contribution is 2.39. The van der Waals surface area contributed by atoms with Crippen LogP contribution >= 0.6 is 35.0 Å². The van der Waals surface area contributed by atoms with Crippen LogP contribution in [-0.2, 0) is 17.9 Å². The highest BCUT2D eigenvalue weighted by Gasteiger charge is 2.19. The summed E-state index contributed by atoms with van der Waals surface area (Å²) >= 11 is 14.2. The molecule has 6 heteroatoms. The summed E-state index contributed by atoms with van der Waals surface area (Å²) in [6.45, 7) is 8.47. The summed E-state index contributed by atoms with van der Waals surface area (Å²) in [6, 6.07) is 12.0. The Balaban J connectivity index is 2.06. The van der Waals surface area contributed by atoms with Crippen LogP contribution in [0.4, 0.5) is 0 Å². The summed E-state index contributed by atoms with van der Waals surface area (Å²) in [5.74, 6) is 0.385. The van der Waals surface area contributed by atoms with Gasteiger partial charge in [0.05, 0.1) is 11.6 Å². The zero-order valence-electron chi connectivity index (χ0n) is 16.3. The van der Waals surface area contributed by atoms with E-state index in [0.29, 0.717) is 29.2 Å². The van der Waals surface area contributed by atoms with E-state index < -0.39 is 0 Å². The number of rotatable bonds is 8. The minimum absolute atomic E-state index is 0.385. The standard InChI is InChI=1S/C22H24Cl2N2OS/c1-4-27-14-19-12-21(15(2)3)22(26(19)13-16-5-7-25-8-6-16)28-20-10-17(23)9-18(24)11-20/h5-12,15H,4,13-14H2,1-3H3. The molecule has 3 aromatic rings. The van der Waals surface area contributed by atoms with E-state index in [1.807, 2.05) is 43.6 Å². The van der Waals surface area contributed by atoms with Gasteiger partial charge in [-0.2, -0.15) is 0 Å². The topological polar surface area (TPSA) is 27.1 Å². The maximum atomic E-state index is 6.23. The van der Waals surface area contributed by atoms with Crippen LogP contribution in [0.5, 0.6) is 0 Å². The highest BCUT2D eigenvalue weighted by molar-refractivity contribution is 7.99. The van der Waals surface area contributed by atoms with Gasteiger partial charge in [0.15, 0.2) is 0 Å². The van der Waals surface area contributed by atoms with Crippen molar-refractivity contribution >= 4 is 35.0 Å². The fourth-order valence-corrected chi connectivity index (χ4v) is 4.96. The Kier molecular flexibility index (Phi) is 7.47. The Morgan fingerprint density at radius 3 is 2.36 bits per heavy atom. The van der Waals surface area contributed by atoms with Crippen molar-refractivity contribution in [1.29, 1.82) is 0 Å². The molecule has 1 aromatic carbocycles. The number of hydrogen-bond donors (Lipinski definition) is 0. The Bertz CT molecular complexity index is 906. The number of ether oxygens (including phenoxy) is 1. The van der Waals surface area contributed by atoms with Crippen LogP contribution in [0.25, 0.3) is 0 Å². The molecule has 0 aliphatic heterocycles. The van der Waals surface area contributed by atoms with Crippen LogP contribution in [0.15, 0.2) is 58.7 Å². The molecular weight excluding hydrogens is 411 g/mol. The maximum Gasteiger partial charge on any atom is 0.0868 e. The molecule has 0 amide bonds. The van der Waals surface area contributed by atoms with Crippen LogP contribution in [0, 0.1) is 0 Å². The van der Waals surface area contributed by atoms with Crippen molar-refractivity contribution < 1.29 is 4.74 Å². The molecule has 148 valence electrons. The second-order valence-electron chi connectivity index (χ2n) is 6.84. The molecule has 0 radical (unpaired) electrons.